The first-order valence-electron chi connectivity index (χ1n) is 5.60. The van der Waals surface area contributed by atoms with Gasteiger partial charge in [0.15, 0.2) is 0 Å². The topological polar surface area (TPSA) is 29.5 Å². The summed E-state index contributed by atoms with van der Waals surface area (Å²) in [5.74, 6) is 1.62. The predicted octanol–water partition coefficient (Wildman–Crippen LogP) is 1.75. The summed E-state index contributed by atoms with van der Waals surface area (Å²) in [6, 6.07) is 0. The number of likely N-dealkylation sites (tertiary alicyclic amines) is 1. The molecule has 3 nitrogen and oxygen atoms in total. The highest BCUT2D eigenvalue weighted by atomic mass is 35.5. The number of carbonyl (C=O) groups is 1. The van der Waals surface area contributed by atoms with E-state index in [1.165, 1.54) is 0 Å². The number of rotatable bonds is 5. The molecule has 0 saturated carbocycles. The van der Waals surface area contributed by atoms with Crippen molar-refractivity contribution in [3.05, 3.63) is 0 Å². The van der Waals surface area contributed by atoms with Crippen LogP contribution in [-0.2, 0) is 9.53 Å². The number of carbonyl (C=O) groups excluding carboxylic acids is 1. The van der Waals surface area contributed by atoms with E-state index in [2.05, 4.69) is 6.92 Å². The van der Waals surface area contributed by atoms with Crippen molar-refractivity contribution < 1.29 is 9.53 Å². The molecule has 1 fully saturated rings. The van der Waals surface area contributed by atoms with E-state index in [0.29, 0.717) is 24.1 Å². The van der Waals surface area contributed by atoms with E-state index in [9.17, 15) is 4.79 Å². The molecular weight excluding hydrogens is 214 g/mol. The standard InChI is InChI=1S/C11H20ClNO2/c1-3-15-8-10-7-13(6-9(10)2)11(14)4-5-12/h9-10H,3-8H2,1-2H3. The highest BCUT2D eigenvalue weighted by Gasteiger charge is 2.31. The predicted molar refractivity (Wildman–Crippen MR) is 61.1 cm³/mol. The lowest BCUT2D eigenvalue weighted by molar-refractivity contribution is -0.130. The lowest BCUT2D eigenvalue weighted by atomic mass is 9.99. The van der Waals surface area contributed by atoms with Gasteiger partial charge in [-0.05, 0) is 12.8 Å². The Morgan fingerprint density at radius 1 is 1.53 bits per heavy atom. The molecular formula is C11H20ClNO2. The van der Waals surface area contributed by atoms with Crippen LogP contribution in [0.2, 0.25) is 0 Å². The first-order valence-corrected chi connectivity index (χ1v) is 6.14. The zero-order valence-electron chi connectivity index (χ0n) is 9.54. The lowest BCUT2D eigenvalue weighted by Crippen LogP contribution is -2.29. The van der Waals surface area contributed by atoms with Crippen LogP contribution in [0, 0.1) is 11.8 Å². The molecule has 1 rings (SSSR count). The minimum Gasteiger partial charge on any atom is -0.381 e. The molecule has 0 bridgehead atoms. The molecule has 0 aromatic rings. The summed E-state index contributed by atoms with van der Waals surface area (Å²) in [6.07, 6.45) is 0.454. The molecule has 1 aliphatic heterocycles. The van der Waals surface area contributed by atoms with Gasteiger partial charge in [0.25, 0.3) is 0 Å². The molecule has 0 spiro atoms. The monoisotopic (exact) mass is 233 g/mol. The molecule has 1 saturated heterocycles. The molecule has 2 unspecified atom stereocenters. The Morgan fingerprint density at radius 2 is 2.27 bits per heavy atom. The average Bonchev–Trinajstić information content (AvgIpc) is 2.57. The molecule has 4 heteroatoms. The van der Waals surface area contributed by atoms with E-state index in [-0.39, 0.29) is 5.91 Å². The summed E-state index contributed by atoms with van der Waals surface area (Å²) in [7, 11) is 0. The minimum absolute atomic E-state index is 0.177. The van der Waals surface area contributed by atoms with E-state index in [1.54, 1.807) is 0 Å². The zero-order chi connectivity index (χ0) is 11.3. The Labute approximate surface area is 96.7 Å². The highest BCUT2D eigenvalue weighted by molar-refractivity contribution is 6.18. The van der Waals surface area contributed by atoms with E-state index in [0.717, 1.165) is 26.3 Å². The maximum atomic E-state index is 11.6. The fourth-order valence-electron chi connectivity index (χ4n) is 1.96. The van der Waals surface area contributed by atoms with E-state index >= 15 is 0 Å². The number of alkyl halides is 1. The molecule has 0 aliphatic carbocycles. The average molecular weight is 234 g/mol. The summed E-state index contributed by atoms with van der Waals surface area (Å²) >= 11 is 5.56. The van der Waals surface area contributed by atoms with Crippen LogP contribution < -0.4 is 0 Å². The Morgan fingerprint density at radius 3 is 2.87 bits per heavy atom. The molecule has 0 aromatic heterocycles. The van der Waals surface area contributed by atoms with E-state index in [1.807, 2.05) is 11.8 Å². The fourth-order valence-corrected chi connectivity index (χ4v) is 2.12. The summed E-state index contributed by atoms with van der Waals surface area (Å²) in [5, 5.41) is 0. The Hall–Kier alpha value is -0.280. The quantitative estimate of drug-likeness (QED) is 0.678. The van der Waals surface area contributed by atoms with Crippen molar-refractivity contribution >= 4 is 17.5 Å². The first-order chi connectivity index (χ1) is 7.19. The number of nitrogens with zero attached hydrogens (tertiary/aromatic N) is 1. The lowest BCUT2D eigenvalue weighted by Gasteiger charge is -2.15. The Bertz CT molecular complexity index is 211. The second kappa shape index (κ2) is 6.33. The van der Waals surface area contributed by atoms with Crippen LogP contribution in [0.1, 0.15) is 20.3 Å². The normalized spacial score (nSPS) is 25.9. The first kappa shape index (κ1) is 12.8. The molecule has 15 heavy (non-hydrogen) atoms. The fraction of sp³-hybridized carbons (Fsp3) is 0.909. The number of hydrogen-bond donors (Lipinski definition) is 0. The van der Waals surface area contributed by atoms with Gasteiger partial charge in [-0.1, -0.05) is 6.92 Å². The summed E-state index contributed by atoms with van der Waals surface area (Å²) < 4.78 is 5.41. The van der Waals surface area contributed by atoms with Crippen molar-refractivity contribution in [1.29, 1.82) is 0 Å². The van der Waals surface area contributed by atoms with E-state index in [4.69, 9.17) is 16.3 Å². The van der Waals surface area contributed by atoms with Crippen molar-refractivity contribution in [1.82, 2.24) is 4.90 Å². The maximum Gasteiger partial charge on any atom is 0.223 e. The summed E-state index contributed by atoms with van der Waals surface area (Å²) in [6.45, 7) is 7.37. The van der Waals surface area contributed by atoms with Gasteiger partial charge in [0.05, 0.1) is 6.61 Å². The van der Waals surface area contributed by atoms with Crippen molar-refractivity contribution in [2.24, 2.45) is 11.8 Å². The minimum atomic E-state index is 0.177. The third-order valence-electron chi connectivity index (χ3n) is 2.97. The van der Waals surface area contributed by atoms with Crippen molar-refractivity contribution in [3.8, 4) is 0 Å². The highest BCUT2D eigenvalue weighted by Crippen LogP contribution is 2.23. The van der Waals surface area contributed by atoms with Gasteiger partial charge in [0, 0.05) is 37.9 Å². The van der Waals surface area contributed by atoms with Gasteiger partial charge in [-0.2, -0.15) is 0 Å². The number of amides is 1. The molecule has 2 atom stereocenters. The van der Waals surface area contributed by atoms with Gasteiger partial charge >= 0.3 is 0 Å². The Balaban J connectivity index is 2.37. The number of halogens is 1. The van der Waals surface area contributed by atoms with Gasteiger partial charge < -0.3 is 9.64 Å². The van der Waals surface area contributed by atoms with Crippen LogP contribution in [0.4, 0.5) is 0 Å². The summed E-state index contributed by atoms with van der Waals surface area (Å²) in [4.78, 5) is 13.5. The summed E-state index contributed by atoms with van der Waals surface area (Å²) in [5.41, 5.74) is 0. The molecule has 88 valence electrons. The SMILES string of the molecule is CCOCC1CN(C(=O)CCCl)CC1C. The van der Waals surface area contributed by atoms with Gasteiger partial charge in [-0.15, -0.1) is 11.6 Å². The van der Waals surface area contributed by atoms with Crippen LogP contribution in [-0.4, -0.2) is 43.0 Å². The molecule has 1 heterocycles. The third kappa shape index (κ3) is 3.65. The second-order valence-corrected chi connectivity index (χ2v) is 4.51. The molecule has 0 aromatic carbocycles. The smallest absolute Gasteiger partial charge is 0.223 e. The number of hydrogen-bond acceptors (Lipinski definition) is 2. The van der Waals surface area contributed by atoms with Crippen molar-refractivity contribution in [2.45, 2.75) is 20.3 Å². The largest absolute Gasteiger partial charge is 0.381 e. The zero-order valence-corrected chi connectivity index (χ0v) is 10.3. The molecule has 0 N–H and O–H groups in total. The number of ether oxygens (including phenoxy) is 1. The van der Waals surface area contributed by atoms with Crippen LogP contribution in [0.5, 0.6) is 0 Å². The molecule has 1 aliphatic rings. The van der Waals surface area contributed by atoms with Crippen molar-refractivity contribution in [3.63, 3.8) is 0 Å². The van der Waals surface area contributed by atoms with Gasteiger partial charge in [-0.3, -0.25) is 4.79 Å². The van der Waals surface area contributed by atoms with Crippen LogP contribution in [0.25, 0.3) is 0 Å². The van der Waals surface area contributed by atoms with Crippen LogP contribution >= 0.6 is 11.6 Å². The van der Waals surface area contributed by atoms with Gasteiger partial charge in [-0.25, -0.2) is 0 Å². The third-order valence-corrected chi connectivity index (χ3v) is 3.15. The second-order valence-electron chi connectivity index (χ2n) is 4.13. The van der Waals surface area contributed by atoms with Crippen molar-refractivity contribution in [2.75, 3.05) is 32.2 Å². The molecule has 0 radical (unpaired) electrons. The van der Waals surface area contributed by atoms with Crippen LogP contribution in [0.15, 0.2) is 0 Å². The Kier molecular flexibility index (Phi) is 5.40. The molecule has 1 amide bonds. The maximum absolute atomic E-state index is 11.6. The van der Waals surface area contributed by atoms with E-state index < -0.39 is 0 Å². The van der Waals surface area contributed by atoms with Crippen LogP contribution in [0.3, 0.4) is 0 Å². The van der Waals surface area contributed by atoms with Gasteiger partial charge in [0.1, 0.15) is 0 Å². The van der Waals surface area contributed by atoms with Gasteiger partial charge in [0.2, 0.25) is 5.91 Å².